The minimum atomic E-state index is -0.790. The van der Waals surface area contributed by atoms with Gasteiger partial charge in [-0.15, -0.1) is 15.2 Å². The molecule has 10 heteroatoms. The summed E-state index contributed by atoms with van der Waals surface area (Å²) in [4.78, 5) is 30.3. The predicted molar refractivity (Wildman–Crippen MR) is 119 cm³/mol. The van der Waals surface area contributed by atoms with Crippen LogP contribution in [0.4, 0.5) is 15.4 Å². The summed E-state index contributed by atoms with van der Waals surface area (Å²) in [5.41, 5.74) is 0.420. The number of guanidine groups is 1. The Labute approximate surface area is 183 Å². The van der Waals surface area contributed by atoms with Gasteiger partial charge in [-0.05, 0) is 65.7 Å². The third kappa shape index (κ3) is 8.23. The predicted octanol–water partition coefficient (Wildman–Crippen LogP) is 3.42. The summed E-state index contributed by atoms with van der Waals surface area (Å²) in [5.74, 6) is 0.769. The van der Waals surface area contributed by atoms with E-state index >= 15 is 0 Å². The summed E-state index contributed by atoms with van der Waals surface area (Å²) < 4.78 is 10.6. The van der Waals surface area contributed by atoms with Crippen molar-refractivity contribution in [3.05, 3.63) is 23.9 Å². The number of carbonyl (C=O) groups excluding carboxylic acids is 2. The maximum Gasteiger partial charge on any atom is 0.437 e. The average Bonchev–Trinajstić information content (AvgIpc) is 2.65. The van der Waals surface area contributed by atoms with E-state index < -0.39 is 23.4 Å². The molecular formula is C21H32N6O4. The van der Waals surface area contributed by atoms with E-state index in [2.05, 4.69) is 25.8 Å². The molecule has 0 unspecified atom stereocenters. The van der Waals surface area contributed by atoms with Crippen molar-refractivity contribution >= 4 is 29.5 Å². The number of hydrogen-bond acceptors (Lipinski definition) is 7. The molecule has 1 aromatic rings. The Hall–Kier alpha value is -3.17. The highest BCUT2D eigenvalue weighted by molar-refractivity contribution is 5.99. The summed E-state index contributed by atoms with van der Waals surface area (Å²) in [6, 6.07) is 3.75. The highest BCUT2D eigenvalue weighted by Crippen LogP contribution is 2.21. The van der Waals surface area contributed by atoms with Gasteiger partial charge in [-0.2, -0.15) is 0 Å². The lowest BCUT2D eigenvalue weighted by Crippen LogP contribution is -2.48. The van der Waals surface area contributed by atoms with Gasteiger partial charge < -0.3 is 19.7 Å². The van der Waals surface area contributed by atoms with Crippen LogP contribution in [0.2, 0.25) is 0 Å². The molecule has 31 heavy (non-hydrogen) atoms. The van der Waals surface area contributed by atoms with E-state index in [-0.39, 0.29) is 5.96 Å². The number of alkyl carbamates (subject to hydrolysis) is 1. The van der Waals surface area contributed by atoms with Gasteiger partial charge in [0.25, 0.3) is 0 Å². The van der Waals surface area contributed by atoms with E-state index in [1.165, 1.54) is 0 Å². The molecule has 2 N–H and O–H groups in total. The number of ether oxygens (including phenoxy) is 2. The summed E-state index contributed by atoms with van der Waals surface area (Å²) in [6.07, 6.45) is 1.12. The summed E-state index contributed by atoms with van der Waals surface area (Å²) in [6.45, 7) is 11.4. The molecule has 0 radical (unpaired) electrons. The first-order valence-corrected chi connectivity index (χ1v) is 10.1. The summed E-state index contributed by atoms with van der Waals surface area (Å²) >= 11 is 0. The van der Waals surface area contributed by atoms with E-state index in [9.17, 15) is 9.59 Å². The zero-order valence-electron chi connectivity index (χ0n) is 19.3. The topological polar surface area (TPSA) is 118 Å². The van der Waals surface area contributed by atoms with Crippen LogP contribution in [0.5, 0.6) is 0 Å². The lowest BCUT2D eigenvalue weighted by atomic mass is 10.0. The monoisotopic (exact) mass is 432 g/mol. The molecule has 1 aliphatic heterocycles. The van der Waals surface area contributed by atoms with Gasteiger partial charge in [-0.1, -0.05) is 6.08 Å². The van der Waals surface area contributed by atoms with Crippen molar-refractivity contribution in [2.75, 3.05) is 25.5 Å². The fourth-order valence-electron chi connectivity index (χ4n) is 2.67. The Bertz CT molecular complexity index is 850. The zero-order chi connectivity index (χ0) is 23.2. The van der Waals surface area contributed by atoms with E-state index in [0.717, 1.165) is 11.3 Å². The molecule has 0 saturated carbocycles. The molecule has 0 aliphatic carbocycles. The molecule has 2 heterocycles. The molecule has 0 saturated heterocycles. The van der Waals surface area contributed by atoms with Gasteiger partial charge in [0.2, 0.25) is 5.96 Å². The van der Waals surface area contributed by atoms with Crippen LogP contribution in [0, 0.1) is 0 Å². The molecule has 0 atom stereocenters. The van der Waals surface area contributed by atoms with Gasteiger partial charge in [-0.3, -0.25) is 5.32 Å². The molecule has 0 fully saturated rings. The van der Waals surface area contributed by atoms with Gasteiger partial charge >= 0.3 is 12.2 Å². The molecule has 0 spiro atoms. The number of nitrogens with one attached hydrogen (secondary N) is 2. The molecule has 2 rings (SSSR count). The van der Waals surface area contributed by atoms with Crippen molar-refractivity contribution in [2.45, 2.75) is 59.2 Å². The van der Waals surface area contributed by atoms with Crippen LogP contribution in [0.15, 0.2) is 23.2 Å². The van der Waals surface area contributed by atoms with E-state index in [1.54, 1.807) is 53.5 Å². The van der Waals surface area contributed by atoms with Crippen LogP contribution in [-0.2, 0) is 9.47 Å². The second-order valence-corrected chi connectivity index (χ2v) is 9.02. The van der Waals surface area contributed by atoms with E-state index in [4.69, 9.17) is 9.47 Å². The summed E-state index contributed by atoms with van der Waals surface area (Å²) in [7, 11) is 1.78. The largest absolute Gasteiger partial charge is 0.444 e. The molecule has 170 valence electrons. The lowest BCUT2D eigenvalue weighted by Gasteiger charge is -2.30. The Balaban J connectivity index is 2.18. The van der Waals surface area contributed by atoms with Gasteiger partial charge in [0.15, 0.2) is 0 Å². The second kappa shape index (κ2) is 9.76. The third-order valence-electron chi connectivity index (χ3n) is 3.96. The van der Waals surface area contributed by atoms with Crippen LogP contribution in [0.1, 0.15) is 53.7 Å². The first-order chi connectivity index (χ1) is 14.4. The highest BCUT2D eigenvalue weighted by atomic mass is 16.6. The van der Waals surface area contributed by atoms with Gasteiger partial charge in [0.1, 0.15) is 17.0 Å². The van der Waals surface area contributed by atoms with Crippen molar-refractivity contribution in [3.63, 3.8) is 0 Å². The maximum absolute atomic E-state index is 12.3. The number of aliphatic imine (C=N–C) groups is 1. The van der Waals surface area contributed by atoms with Crippen LogP contribution < -0.4 is 10.6 Å². The van der Waals surface area contributed by atoms with Crippen LogP contribution in [0.3, 0.4) is 0 Å². The SMILES string of the molecule is CNc1ccc(C2=CCN(/C(=N\C(=O)OC(C)(C)C)NC(=O)OC(C)(C)C)CC2)nn1. The standard InChI is InChI=1S/C21H32N6O4/c1-20(2,3)30-18(28)23-17(24-19(29)31-21(4,5)6)27-12-10-14(11-13-27)15-8-9-16(22-7)26-25-15/h8-10H,11-13H2,1-7H3,(H,22,26)(H,23,24,28,29). The number of amides is 2. The van der Waals surface area contributed by atoms with Crippen molar-refractivity contribution in [1.82, 2.24) is 20.4 Å². The molecule has 1 aromatic heterocycles. The maximum atomic E-state index is 12.3. The van der Waals surface area contributed by atoms with Crippen molar-refractivity contribution in [3.8, 4) is 0 Å². The van der Waals surface area contributed by atoms with Gasteiger partial charge in [0.05, 0.1) is 5.69 Å². The molecule has 1 aliphatic rings. The number of nitrogens with zero attached hydrogens (tertiary/aromatic N) is 4. The quantitative estimate of drug-likeness (QED) is 0.539. The average molecular weight is 433 g/mol. The number of hydrogen-bond donors (Lipinski definition) is 2. The van der Waals surface area contributed by atoms with Gasteiger partial charge in [0, 0.05) is 20.1 Å². The van der Waals surface area contributed by atoms with Crippen LogP contribution in [0.25, 0.3) is 5.57 Å². The molecular weight excluding hydrogens is 400 g/mol. The Kier molecular flexibility index (Phi) is 7.59. The second-order valence-electron chi connectivity index (χ2n) is 9.02. The normalized spacial score (nSPS) is 15.1. The van der Waals surface area contributed by atoms with E-state index in [1.807, 2.05) is 18.2 Å². The fourth-order valence-corrected chi connectivity index (χ4v) is 2.67. The first-order valence-electron chi connectivity index (χ1n) is 10.1. The van der Waals surface area contributed by atoms with Crippen LogP contribution >= 0.6 is 0 Å². The minimum absolute atomic E-state index is 0.0791. The molecule has 10 nitrogen and oxygen atoms in total. The van der Waals surface area contributed by atoms with Crippen molar-refractivity contribution in [1.29, 1.82) is 0 Å². The number of aromatic nitrogens is 2. The zero-order valence-corrected chi connectivity index (χ0v) is 19.3. The van der Waals surface area contributed by atoms with Gasteiger partial charge in [-0.25, -0.2) is 9.59 Å². The summed E-state index contributed by atoms with van der Waals surface area (Å²) in [5, 5.41) is 13.8. The molecule has 0 bridgehead atoms. The smallest absolute Gasteiger partial charge is 0.437 e. The number of carbonyl (C=O) groups is 2. The lowest BCUT2D eigenvalue weighted by molar-refractivity contribution is 0.0555. The number of rotatable bonds is 2. The molecule has 0 aromatic carbocycles. The Morgan fingerprint density at radius 1 is 1.06 bits per heavy atom. The first kappa shape index (κ1) is 24.1. The minimum Gasteiger partial charge on any atom is -0.444 e. The number of anilines is 1. The molecule has 2 amide bonds. The Morgan fingerprint density at radius 3 is 2.23 bits per heavy atom. The van der Waals surface area contributed by atoms with Crippen LogP contribution in [-0.4, -0.2) is 64.6 Å². The fraction of sp³-hybridized carbons (Fsp3) is 0.571. The highest BCUT2D eigenvalue weighted by Gasteiger charge is 2.24. The van der Waals surface area contributed by atoms with E-state index in [0.29, 0.717) is 25.3 Å². The van der Waals surface area contributed by atoms with Crippen molar-refractivity contribution < 1.29 is 19.1 Å². The third-order valence-corrected chi connectivity index (χ3v) is 3.96. The Morgan fingerprint density at radius 2 is 1.74 bits per heavy atom. The van der Waals surface area contributed by atoms with Crippen molar-refractivity contribution in [2.24, 2.45) is 4.99 Å².